The van der Waals surface area contributed by atoms with E-state index in [2.05, 4.69) is 0 Å². The molecule has 0 aromatic rings. The van der Waals surface area contributed by atoms with Crippen LogP contribution in [0.3, 0.4) is 0 Å². The van der Waals surface area contributed by atoms with Crippen LogP contribution >= 0.6 is 0 Å². The van der Waals surface area contributed by atoms with Gasteiger partial charge in [-0.25, -0.2) is 4.79 Å². The van der Waals surface area contributed by atoms with Gasteiger partial charge < -0.3 is 20.5 Å². The van der Waals surface area contributed by atoms with Crippen LogP contribution in [0.2, 0.25) is 0 Å². The number of esters is 1. The molecule has 1 atom stereocenters. The van der Waals surface area contributed by atoms with Gasteiger partial charge in [-0.15, -0.1) is 0 Å². The molecule has 0 radical (unpaired) electrons. The third kappa shape index (κ3) is 4.42. The molecule has 0 spiro atoms. The minimum atomic E-state index is -1.76. The Labute approximate surface area is 124 Å². The predicted octanol–water partition coefficient (Wildman–Crippen LogP) is 0.369. The normalized spacial score (nSPS) is 19.8. The van der Waals surface area contributed by atoms with Crippen molar-refractivity contribution < 1.29 is 24.2 Å². The van der Waals surface area contributed by atoms with Crippen LogP contribution in [0.4, 0.5) is 0 Å². The number of nitrogens with zero attached hydrogens (tertiary/aromatic N) is 1. The highest BCUT2D eigenvalue weighted by Crippen LogP contribution is 2.21. The summed E-state index contributed by atoms with van der Waals surface area (Å²) in [5.74, 6) is -2.61. The molecule has 1 fully saturated rings. The molecule has 0 bridgehead atoms. The number of ether oxygens (including phenoxy) is 1. The zero-order valence-corrected chi connectivity index (χ0v) is 13.0. The monoisotopic (exact) mass is 300 g/mol. The summed E-state index contributed by atoms with van der Waals surface area (Å²) in [7, 11) is 0. The second-order valence-electron chi connectivity index (χ2n) is 6.61. The van der Waals surface area contributed by atoms with Gasteiger partial charge in [-0.1, -0.05) is 0 Å². The molecule has 7 nitrogen and oxygen atoms in total. The van der Waals surface area contributed by atoms with Gasteiger partial charge in [0.1, 0.15) is 5.60 Å². The Morgan fingerprint density at radius 3 is 2.00 bits per heavy atom. The number of hydrogen-bond donors (Lipinski definition) is 2. The van der Waals surface area contributed by atoms with E-state index < -0.39 is 34.9 Å². The summed E-state index contributed by atoms with van der Waals surface area (Å²) in [6.45, 7) is 6.99. The van der Waals surface area contributed by atoms with E-state index in [0.29, 0.717) is 12.8 Å². The lowest BCUT2D eigenvalue weighted by Crippen LogP contribution is -2.61. The number of nitrogens with two attached hydrogens (primary N) is 1. The summed E-state index contributed by atoms with van der Waals surface area (Å²) in [5.41, 5.74) is 3.37. The maximum absolute atomic E-state index is 12.4. The van der Waals surface area contributed by atoms with Crippen LogP contribution in [0.5, 0.6) is 0 Å². The molecule has 1 amide bonds. The highest BCUT2D eigenvalue weighted by atomic mass is 16.6. The molecule has 1 heterocycles. The number of carboxylic acids is 1. The van der Waals surface area contributed by atoms with Gasteiger partial charge in [-0.05, 0) is 40.5 Å². The van der Waals surface area contributed by atoms with Crippen LogP contribution in [0, 0.1) is 5.92 Å². The Morgan fingerprint density at radius 1 is 1.14 bits per heavy atom. The Balaban J connectivity index is 2.70. The van der Waals surface area contributed by atoms with Crippen molar-refractivity contribution in [2.75, 3.05) is 13.1 Å². The smallest absolute Gasteiger partial charge is 0.336 e. The number of likely N-dealkylation sites (tertiary alicyclic amines) is 1. The van der Waals surface area contributed by atoms with Crippen LogP contribution < -0.4 is 5.73 Å². The van der Waals surface area contributed by atoms with Gasteiger partial charge in [0.2, 0.25) is 0 Å². The first-order valence-corrected chi connectivity index (χ1v) is 6.99. The summed E-state index contributed by atoms with van der Waals surface area (Å²) < 4.78 is 5.17. The van der Waals surface area contributed by atoms with Crippen LogP contribution in [0.25, 0.3) is 0 Å². The van der Waals surface area contributed by atoms with Crippen molar-refractivity contribution >= 4 is 17.8 Å². The fraction of sp³-hybridized carbons (Fsp3) is 0.786. The van der Waals surface area contributed by atoms with Gasteiger partial charge in [0.05, 0.1) is 5.92 Å². The molecular weight excluding hydrogens is 276 g/mol. The average molecular weight is 300 g/mol. The number of amides is 1. The van der Waals surface area contributed by atoms with Crippen molar-refractivity contribution in [1.82, 2.24) is 4.90 Å². The summed E-state index contributed by atoms with van der Waals surface area (Å²) in [5, 5.41) is 8.94. The molecule has 120 valence electrons. The van der Waals surface area contributed by atoms with E-state index in [9.17, 15) is 14.4 Å². The average Bonchev–Trinajstić information content (AvgIpc) is 2.35. The van der Waals surface area contributed by atoms with E-state index >= 15 is 0 Å². The van der Waals surface area contributed by atoms with E-state index in [1.54, 1.807) is 20.8 Å². The molecular formula is C14H24N2O5. The number of hydrogen-bond acceptors (Lipinski definition) is 5. The lowest BCUT2D eigenvalue weighted by molar-refractivity contribution is -0.167. The first-order valence-electron chi connectivity index (χ1n) is 6.99. The predicted molar refractivity (Wildman–Crippen MR) is 75.4 cm³/mol. The number of carbonyl (C=O) groups excluding carboxylic acids is 2. The highest BCUT2D eigenvalue weighted by Gasteiger charge is 2.44. The van der Waals surface area contributed by atoms with Gasteiger partial charge >= 0.3 is 11.9 Å². The quantitative estimate of drug-likeness (QED) is 0.575. The first kappa shape index (κ1) is 17.4. The van der Waals surface area contributed by atoms with Gasteiger partial charge in [0.25, 0.3) is 5.91 Å². The van der Waals surface area contributed by atoms with Gasteiger partial charge in [-0.3, -0.25) is 9.59 Å². The van der Waals surface area contributed by atoms with Crippen molar-refractivity contribution in [2.24, 2.45) is 11.7 Å². The lowest BCUT2D eigenvalue weighted by atomic mass is 9.94. The van der Waals surface area contributed by atoms with E-state index in [1.807, 2.05) is 0 Å². The molecule has 3 N–H and O–H groups in total. The van der Waals surface area contributed by atoms with Crippen LogP contribution in [0.1, 0.15) is 40.5 Å². The summed E-state index contributed by atoms with van der Waals surface area (Å²) in [4.78, 5) is 36.7. The van der Waals surface area contributed by atoms with E-state index in [1.165, 1.54) is 11.8 Å². The molecule has 1 saturated heterocycles. The third-order valence-corrected chi connectivity index (χ3v) is 3.40. The SMILES string of the molecule is CC(C)(C)OC(=O)C(C)(N)C(=O)N1CCC(C(=O)O)CC1. The van der Waals surface area contributed by atoms with Crippen molar-refractivity contribution in [3.8, 4) is 0 Å². The van der Waals surface area contributed by atoms with Crippen molar-refractivity contribution in [1.29, 1.82) is 0 Å². The molecule has 0 aliphatic carbocycles. The van der Waals surface area contributed by atoms with Crippen LogP contribution in [-0.2, 0) is 19.1 Å². The summed E-state index contributed by atoms with van der Waals surface area (Å²) in [6, 6.07) is 0. The fourth-order valence-electron chi connectivity index (χ4n) is 2.13. The zero-order chi connectivity index (χ0) is 16.4. The summed E-state index contributed by atoms with van der Waals surface area (Å²) >= 11 is 0. The largest absolute Gasteiger partial charge is 0.481 e. The zero-order valence-electron chi connectivity index (χ0n) is 13.0. The van der Waals surface area contributed by atoms with E-state index in [-0.39, 0.29) is 13.1 Å². The number of carbonyl (C=O) groups is 3. The Kier molecular flexibility index (Phi) is 4.99. The summed E-state index contributed by atoms with van der Waals surface area (Å²) in [6.07, 6.45) is 0.733. The van der Waals surface area contributed by atoms with Crippen molar-refractivity contribution in [3.05, 3.63) is 0 Å². The van der Waals surface area contributed by atoms with E-state index in [0.717, 1.165) is 0 Å². The molecule has 0 saturated carbocycles. The minimum Gasteiger partial charge on any atom is -0.481 e. The number of carboxylic acid groups (broad SMARTS) is 1. The molecule has 1 unspecified atom stereocenters. The number of piperidine rings is 1. The first-order chi connectivity index (χ1) is 9.45. The van der Waals surface area contributed by atoms with Crippen molar-refractivity contribution in [2.45, 2.75) is 51.7 Å². The number of rotatable bonds is 3. The molecule has 21 heavy (non-hydrogen) atoms. The van der Waals surface area contributed by atoms with Crippen molar-refractivity contribution in [3.63, 3.8) is 0 Å². The highest BCUT2D eigenvalue weighted by molar-refractivity contribution is 6.06. The lowest BCUT2D eigenvalue weighted by Gasteiger charge is -2.35. The molecule has 0 aromatic carbocycles. The van der Waals surface area contributed by atoms with Gasteiger partial charge in [0.15, 0.2) is 5.54 Å². The standard InChI is InChI=1S/C14H24N2O5/c1-13(2,3)21-12(20)14(4,15)11(19)16-7-5-9(6-8-16)10(17)18/h9H,5-8,15H2,1-4H3,(H,17,18). The molecule has 7 heteroatoms. The second-order valence-corrected chi connectivity index (χ2v) is 6.61. The minimum absolute atomic E-state index is 0.283. The van der Waals surface area contributed by atoms with Gasteiger partial charge in [-0.2, -0.15) is 0 Å². The second kappa shape index (κ2) is 6.01. The maximum atomic E-state index is 12.4. The maximum Gasteiger partial charge on any atom is 0.336 e. The third-order valence-electron chi connectivity index (χ3n) is 3.40. The molecule has 1 aliphatic rings. The fourth-order valence-corrected chi connectivity index (χ4v) is 2.13. The van der Waals surface area contributed by atoms with Crippen LogP contribution in [0.15, 0.2) is 0 Å². The van der Waals surface area contributed by atoms with Gasteiger partial charge in [0, 0.05) is 13.1 Å². The number of aliphatic carboxylic acids is 1. The molecule has 1 rings (SSSR count). The van der Waals surface area contributed by atoms with Crippen LogP contribution in [-0.4, -0.2) is 52.1 Å². The molecule has 1 aliphatic heterocycles. The Bertz CT molecular complexity index is 431. The Morgan fingerprint density at radius 2 is 1.62 bits per heavy atom. The Hall–Kier alpha value is -1.63. The van der Waals surface area contributed by atoms with E-state index in [4.69, 9.17) is 15.6 Å². The molecule has 0 aromatic heterocycles. The topological polar surface area (TPSA) is 110 Å².